The second kappa shape index (κ2) is 6.97. The number of hydrogen-bond acceptors (Lipinski definition) is 3. The Morgan fingerprint density at radius 1 is 0.857 bits per heavy atom. The van der Waals surface area contributed by atoms with Crippen molar-refractivity contribution in [3.8, 4) is 11.5 Å². The fraction of sp³-hybridized carbons (Fsp3) is 0.167. The van der Waals surface area contributed by atoms with Gasteiger partial charge in [-0.15, -0.1) is 0 Å². The summed E-state index contributed by atoms with van der Waals surface area (Å²) in [7, 11) is 0. The Kier molecular flexibility index (Phi) is 4.47. The minimum atomic E-state index is -0.118. The fourth-order valence-electron chi connectivity index (χ4n) is 3.51. The zero-order chi connectivity index (χ0) is 19.8. The predicted molar refractivity (Wildman–Crippen MR) is 113 cm³/mol. The Labute approximate surface area is 164 Å². The number of nitrogens with zero attached hydrogens (tertiary/aromatic N) is 1. The lowest BCUT2D eigenvalue weighted by Crippen LogP contribution is -2.12. The quantitative estimate of drug-likeness (QED) is 0.482. The summed E-state index contributed by atoms with van der Waals surface area (Å²) in [5, 5.41) is 2.94. The molecule has 4 rings (SSSR count). The van der Waals surface area contributed by atoms with Gasteiger partial charge in [-0.25, -0.2) is 4.98 Å². The van der Waals surface area contributed by atoms with Gasteiger partial charge in [0.1, 0.15) is 5.52 Å². The Morgan fingerprint density at radius 2 is 1.50 bits per heavy atom. The van der Waals surface area contributed by atoms with Crippen LogP contribution in [0, 0.1) is 27.7 Å². The second-order valence-corrected chi connectivity index (χ2v) is 7.36. The Morgan fingerprint density at radius 3 is 2.18 bits per heavy atom. The molecule has 1 heterocycles. The summed E-state index contributed by atoms with van der Waals surface area (Å²) < 4.78 is 5.96. The number of nitrogens with one attached hydrogen (secondary N) is 1. The normalized spacial score (nSPS) is 11.0. The third-order valence-corrected chi connectivity index (χ3v) is 4.69. The maximum atomic E-state index is 12.5. The van der Waals surface area contributed by atoms with Crippen LogP contribution in [-0.2, 0) is 0 Å². The van der Waals surface area contributed by atoms with E-state index < -0.39 is 0 Å². The monoisotopic (exact) mass is 370 g/mol. The lowest BCUT2D eigenvalue weighted by molar-refractivity contribution is 0.102. The summed E-state index contributed by atoms with van der Waals surface area (Å²) >= 11 is 0. The van der Waals surface area contributed by atoms with Crippen molar-refractivity contribution in [3.63, 3.8) is 0 Å². The van der Waals surface area contributed by atoms with Crippen molar-refractivity contribution >= 4 is 22.7 Å². The van der Waals surface area contributed by atoms with Crippen LogP contribution in [0.25, 0.3) is 22.6 Å². The molecule has 1 N–H and O–H groups in total. The molecule has 0 radical (unpaired) electrons. The number of rotatable bonds is 3. The Balaban J connectivity index is 1.57. The number of carbonyl (C=O) groups is 1. The third-order valence-electron chi connectivity index (χ3n) is 4.69. The third kappa shape index (κ3) is 3.54. The standard InChI is InChI=1S/C24H22N2O2/c1-14-9-15(2)12-19(11-14)23(27)25-20-7-5-18(6-8-20)24-26-21-13-16(3)10-17(4)22(21)28-24/h5-13H,1-4H3,(H,25,27). The molecule has 0 aliphatic carbocycles. The van der Waals surface area contributed by atoms with Crippen LogP contribution in [0.5, 0.6) is 0 Å². The number of benzene rings is 3. The number of anilines is 1. The number of amides is 1. The first-order valence-electron chi connectivity index (χ1n) is 9.27. The molecule has 1 amide bonds. The number of carbonyl (C=O) groups excluding carboxylic acids is 1. The maximum absolute atomic E-state index is 12.5. The van der Waals surface area contributed by atoms with Gasteiger partial charge in [0.15, 0.2) is 5.58 Å². The van der Waals surface area contributed by atoms with E-state index in [1.807, 2.05) is 70.2 Å². The molecular weight excluding hydrogens is 348 g/mol. The van der Waals surface area contributed by atoms with Crippen LogP contribution in [-0.4, -0.2) is 10.9 Å². The molecule has 0 saturated heterocycles. The first kappa shape index (κ1) is 18.0. The molecular formula is C24H22N2O2. The zero-order valence-electron chi connectivity index (χ0n) is 16.5. The first-order chi connectivity index (χ1) is 13.4. The van der Waals surface area contributed by atoms with Crippen molar-refractivity contribution < 1.29 is 9.21 Å². The van der Waals surface area contributed by atoms with E-state index in [1.54, 1.807) is 0 Å². The highest BCUT2D eigenvalue weighted by atomic mass is 16.3. The van der Waals surface area contributed by atoms with E-state index in [4.69, 9.17) is 4.42 Å². The van der Waals surface area contributed by atoms with Crippen LogP contribution in [0.4, 0.5) is 5.69 Å². The van der Waals surface area contributed by atoms with Crippen molar-refractivity contribution in [1.29, 1.82) is 0 Å². The van der Waals surface area contributed by atoms with E-state index in [-0.39, 0.29) is 5.91 Å². The van der Waals surface area contributed by atoms with Gasteiger partial charge in [-0.1, -0.05) is 23.3 Å². The number of aryl methyl sites for hydroxylation is 4. The molecule has 0 bridgehead atoms. The van der Waals surface area contributed by atoms with Gasteiger partial charge in [0.2, 0.25) is 5.89 Å². The summed E-state index contributed by atoms with van der Waals surface area (Å²) in [5.74, 6) is 0.461. The lowest BCUT2D eigenvalue weighted by atomic mass is 10.1. The van der Waals surface area contributed by atoms with Gasteiger partial charge in [-0.3, -0.25) is 4.79 Å². The van der Waals surface area contributed by atoms with Gasteiger partial charge in [0.25, 0.3) is 5.91 Å². The molecule has 28 heavy (non-hydrogen) atoms. The number of fused-ring (bicyclic) bond motifs is 1. The molecule has 0 saturated carbocycles. The average Bonchev–Trinajstić information content (AvgIpc) is 3.06. The van der Waals surface area contributed by atoms with Crippen LogP contribution in [0.2, 0.25) is 0 Å². The van der Waals surface area contributed by atoms with Crippen LogP contribution >= 0.6 is 0 Å². The molecule has 0 spiro atoms. The van der Waals surface area contributed by atoms with Crippen molar-refractivity contribution in [2.75, 3.05) is 5.32 Å². The summed E-state index contributed by atoms with van der Waals surface area (Å²) in [5.41, 5.74) is 8.32. The minimum absolute atomic E-state index is 0.118. The lowest BCUT2D eigenvalue weighted by Gasteiger charge is -2.07. The average molecular weight is 370 g/mol. The van der Waals surface area contributed by atoms with Crippen molar-refractivity contribution in [2.24, 2.45) is 0 Å². The SMILES string of the molecule is Cc1cc(C)cc(C(=O)Nc2ccc(-c3nc4cc(C)cc(C)c4o3)cc2)c1. The number of hydrogen-bond donors (Lipinski definition) is 1. The zero-order valence-corrected chi connectivity index (χ0v) is 16.5. The molecule has 4 heteroatoms. The molecule has 4 nitrogen and oxygen atoms in total. The van der Waals surface area contributed by atoms with Crippen LogP contribution in [0.1, 0.15) is 32.6 Å². The molecule has 0 aliphatic rings. The largest absolute Gasteiger partial charge is 0.436 e. The summed E-state index contributed by atoms with van der Waals surface area (Å²) in [6, 6.07) is 17.5. The molecule has 0 aliphatic heterocycles. The minimum Gasteiger partial charge on any atom is -0.436 e. The maximum Gasteiger partial charge on any atom is 0.255 e. The van der Waals surface area contributed by atoms with E-state index in [0.29, 0.717) is 11.5 Å². The molecule has 0 unspecified atom stereocenters. The van der Waals surface area contributed by atoms with Gasteiger partial charge < -0.3 is 9.73 Å². The van der Waals surface area contributed by atoms with Crippen molar-refractivity contribution in [1.82, 2.24) is 4.98 Å². The van der Waals surface area contributed by atoms with Crippen LogP contribution in [0.3, 0.4) is 0 Å². The molecule has 0 fully saturated rings. The van der Waals surface area contributed by atoms with E-state index in [9.17, 15) is 4.79 Å². The van der Waals surface area contributed by atoms with Crippen LogP contribution < -0.4 is 5.32 Å². The Hall–Kier alpha value is -3.40. The first-order valence-corrected chi connectivity index (χ1v) is 9.27. The van der Waals surface area contributed by atoms with E-state index in [1.165, 1.54) is 0 Å². The molecule has 1 aromatic heterocycles. The van der Waals surface area contributed by atoms with Gasteiger partial charge in [0, 0.05) is 16.8 Å². The number of aromatic nitrogens is 1. The highest BCUT2D eigenvalue weighted by molar-refractivity contribution is 6.04. The van der Waals surface area contributed by atoms with Gasteiger partial charge >= 0.3 is 0 Å². The highest BCUT2D eigenvalue weighted by Gasteiger charge is 2.12. The van der Waals surface area contributed by atoms with Gasteiger partial charge in [-0.2, -0.15) is 0 Å². The number of oxazole rings is 1. The van der Waals surface area contributed by atoms with Crippen molar-refractivity contribution in [3.05, 3.63) is 82.4 Å². The predicted octanol–water partition coefficient (Wildman–Crippen LogP) is 5.98. The molecule has 0 atom stereocenters. The smallest absolute Gasteiger partial charge is 0.255 e. The molecule has 140 valence electrons. The summed E-state index contributed by atoms with van der Waals surface area (Å²) in [6.45, 7) is 8.05. The van der Waals surface area contributed by atoms with E-state index in [0.717, 1.165) is 44.6 Å². The van der Waals surface area contributed by atoms with Gasteiger partial charge in [0.05, 0.1) is 0 Å². The Bertz CT molecular complexity index is 1170. The van der Waals surface area contributed by atoms with Crippen LogP contribution in [0.15, 0.2) is 59.0 Å². The van der Waals surface area contributed by atoms with Crippen molar-refractivity contribution in [2.45, 2.75) is 27.7 Å². The van der Waals surface area contributed by atoms with Gasteiger partial charge in [-0.05, 0) is 81.3 Å². The topological polar surface area (TPSA) is 55.1 Å². The summed E-state index contributed by atoms with van der Waals surface area (Å²) in [4.78, 5) is 17.1. The highest BCUT2D eigenvalue weighted by Crippen LogP contribution is 2.28. The van der Waals surface area contributed by atoms with E-state index in [2.05, 4.69) is 22.4 Å². The molecule has 3 aromatic carbocycles. The van der Waals surface area contributed by atoms with E-state index >= 15 is 0 Å². The second-order valence-electron chi connectivity index (χ2n) is 7.36. The summed E-state index contributed by atoms with van der Waals surface area (Å²) in [6.07, 6.45) is 0. The molecule has 4 aromatic rings. The fourth-order valence-corrected chi connectivity index (χ4v) is 3.51.